The van der Waals surface area contributed by atoms with E-state index in [4.69, 9.17) is 4.74 Å². The fraction of sp³-hybridized carbons (Fsp3) is 0.600. The highest BCUT2D eigenvalue weighted by Crippen LogP contribution is 2.35. The Morgan fingerprint density at radius 1 is 1.00 bits per heavy atom. The molecule has 3 heterocycles. The number of hydrogen-bond donors (Lipinski definition) is 0. The third-order valence-electron chi connectivity index (χ3n) is 6.88. The first-order chi connectivity index (χ1) is 15.8. The molecule has 1 aromatic carbocycles. The van der Waals surface area contributed by atoms with E-state index in [2.05, 4.69) is 65.2 Å². The number of hydrogen-bond acceptors (Lipinski definition) is 4. The first-order valence-electron chi connectivity index (χ1n) is 12.0. The van der Waals surface area contributed by atoms with Gasteiger partial charge in [0.15, 0.2) is 0 Å². The molecule has 2 aliphatic heterocycles. The molecule has 33 heavy (non-hydrogen) atoms. The van der Waals surface area contributed by atoms with Crippen LogP contribution in [-0.4, -0.2) is 83.0 Å². The molecule has 0 atom stereocenters. The van der Waals surface area contributed by atoms with Gasteiger partial charge in [-0.05, 0) is 74.7 Å². The number of nitrogens with zero attached hydrogens (tertiary/aromatic N) is 4. The number of piperidine rings is 1. The van der Waals surface area contributed by atoms with Crippen molar-refractivity contribution in [1.29, 1.82) is 0 Å². The number of halogens is 1. The lowest BCUT2D eigenvalue weighted by atomic mass is 10.1. The van der Waals surface area contributed by atoms with Gasteiger partial charge in [0.25, 0.3) is 5.91 Å². The van der Waals surface area contributed by atoms with Gasteiger partial charge in [0.05, 0.1) is 9.99 Å². The van der Waals surface area contributed by atoms with Gasteiger partial charge in [0.1, 0.15) is 17.5 Å². The average molecular weight is 519 g/mol. The Morgan fingerprint density at radius 2 is 1.67 bits per heavy atom. The van der Waals surface area contributed by atoms with E-state index in [0.29, 0.717) is 37.9 Å². The van der Waals surface area contributed by atoms with Crippen LogP contribution in [0.5, 0.6) is 5.75 Å². The highest BCUT2D eigenvalue weighted by molar-refractivity contribution is 9.10. The first-order valence-corrected chi connectivity index (χ1v) is 12.8. The summed E-state index contributed by atoms with van der Waals surface area (Å²) in [6, 6.07) is 6.84. The fourth-order valence-electron chi connectivity index (χ4n) is 4.92. The van der Waals surface area contributed by atoms with E-state index >= 15 is 0 Å². The summed E-state index contributed by atoms with van der Waals surface area (Å²) in [7, 11) is 0. The number of amides is 2. The van der Waals surface area contributed by atoms with Crippen LogP contribution >= 0.6 is 15.9 Å². The number of piperazine rings is 1. The number of fused-ring (bicyclic) bond motifs is 1. The van der Waals surface area contributed by atoms with Crippen molar-refractivity contribution in [2.45, 2.75) is 58.7 Å². The molecule has 0 aliphatic carbocycles. The van der Waals surface area contributed by atoms with Gasteiger partial charge in [-0.25, -0.2) is 0 Å². The maximum absolute atomic E-state index is 13.4. The van der Waals surface area contributed by atoms with Crippen LogP contribution < -0.4 is 4.74 Å². The molecule has 0 unspecified atom stereocenters. The molecule has 1 aromatic heterocycles. The van der Waals surface area contributed by atoms with E-state index in [1.165, 1.54) is 0 Å². The van der Waals surface area contributed by atoms with Crippen molar-refractivity contribution < 1.29 is 14.3 Å². The molecule has 2 amide bonds. The Hall–Kier alpha value is -2.06. The molecule has 0 radical (unpaired) electrons. The summed E-state index contributed by atoms with van der Waals surface area (Å²) in [6.45, 7) is 13.1. The van der Waals surface area contributed by atoms with E-state index in [9.17, 15) is 9.59 Å². The quantitative estimate of drug-likeness (QED) is 0.539. The Morgan fingerprint density at radius 3 is 2.24 bits per heavy atom. The number of ether oxygens (including phenoxy) is 1. The van der Waals surface area contributed by atoms with Crippen LogP contribution in [0.25, 0.3) is 10.9 Å². The molecule has 4 rings (SSSR count). The summed E-state index contributed by atoms with van der Waals surface area (Å²) in [5, 5.41) is 1.01. The second-order valence-electron chi connectivity index (χ2n) is 9.72. The van der Waals surface area contributed by atoms with Crippen molar-refractivity contribution in [3.05, 3.63) is 28.4 Å². The van der Waals surface area contributed by atoms with Crippen LogP contribution in [0.1, 0.15) is 57.1 Å². The zero-order chi connectivity index (χ0) is 23.7. The molecule has 0 N–H and O–H groups in total. The fourth-order valence-corrected chi connectivity index (χ4v) is 5.35. The number of rotatable bonds is 6. The van der Waals surface area contributed by atoms with E-state index in [0.717, 1.165) is 53.5 Å². The van der Waals surface area contributed by atoms with E-state index in [-0.39, 0.29) is 18.1 Å². The predicted octanol–water partition coefficient (Wildman–Crippen LogP) is 4.15. The predicted molar refractivity (Wildman–Crippen MR) is 134 cm³/mol. The zero-order valence-electron chi connectivity index (χ0n) is 20.1. The largest absolute Gasteiger partial charge is 0.489 e. The minimum Gasteiger partial charge on any atom is -0.489 e. The van der Waals surface area contributed by atoms with Gasteiger partial charge in [-0.2, -0.15) is 0 Å². The Kier molecular flexibility index (Phi) is 7.34. The molecule has 8 heteroatoms. The van der Waals surface area contributed by atoms with Crippen LogP contribution in [-0.2, 0) is 4.79 Å². The van der Waals surface area contributed by atoms with Crippen molar-refractivity contribution in [2.24, 2.45) is 0 Å². The Bertz CT molecular complexity index is 1000. The minimum atomic E-state index is 0.0186. The maximum atomic E-state index is 13.4. The van der Waals surface area contributed by atoms with Crippen molar-refractivity contribution in [2.75, 3.05) is 39.3 Å². The second-order valence-corrected chi connectivity index (χ2v) is 10.6. The Labute approximate surface area is 204 Å². The monoisotopic (exact) mass is 518 g/mol. The van der Waals surface area contributed by atoms with Crippen LogP contribution in [0.4, 0.5) is 0 Å². The van der Waals surface area contributed by atoms with Crippen LogP contribution in [0.3, 0.4) is 0 Å². The molecule has 2 aromatic rings. The molecule has 7 nitrogen and oxygen atoms in total. The lowest BCUT2D eigenvalue weighted by Crippen LogP contribution is -2.48. The van der Waals surface area contributed by atoms with Crippen molar-refractivity contribution in [1.82, 2.24) is 19.3 Å². The number of carbonyl (C=O) groups excluding carboxylic acids is 2. The molecular formula is C25H35BrN4O3. The topological polar surface area (TPSA) is 58.0 Å². The summed E-state index contributed by atoms with van der Waals surface area (Å²) >= 11 is 3.72. The zero-order valence-corrected chi connectivity index (χ0v) is 21.7. The highest BCUT2D eigenvalue weighted by Gasteiger charge is 2.27. The smallest absolute Gasteiger partial charge is 0.270 e. The SMILES string of the molecule is CC(C)N1CCC(Oc2cc3cc(C(=O)N4CCN(C=O)CC4)n(C(C)C)c3cc2Br)CC1. The molecule has 180 valence electrons. The summed E-state index contributed by atoms with van der Waals surface area (Å²) in [4.78, 5) is 30.5. The van der Waals surface area contributed by atoms with Crippen LogP contribution in [0, 0.1) is 0 Å². The lowest BCUT2D eigenvalue weighted by molar-refractivity contribution is -0.119. The van der Waals surface area contributed by atoms with E-state index < -0.39 is 0 Å². The van der Waals surface area contributed by atoms with Gasteiger partial charge in [0, 0.05) is 56.7 Å². The van der Waals surface area contributed by atoms with Crippen LogP contribution in [0.2, 0.25) is 0 Å². The standard InChI is InChI=1S/C25H35BrN4O3/c1-17(2)28-7-5-20(6-8-28)33-24-14-19-13-23(30(18(3)4)22(19)15-21(24)26)25(32)29-11-9-27(16-31)10-12-29/h13-18,20H,5-12H2,1-4H3. The summed E-state index contributed by atoms with van der Waals surface area (Å²) in [5.41, 5.74) is 1.71. The number of carbonyl (C=O) groups is 2. The Balaban J connectivity index is 1.58. The van der Waals surface area contributed by atoms with E-state index in [1.807, 2.05) is 11.0 Å². The van der Waals surface area contributed by atoms with Gasteiger partial charge in [-0.1, -0.05) is 0 Å². The molecular weight excluding hydrogens is 484 g/mol. The number of likely N-dealkylation sites (tertiary alicyclic amines) is 1. The third kappa shape index (κ3) is 5.06. The van der Waals surface area contributed by atoms with Gasteiger partial charge >= 0.3 is 0 Å². The summed E-state index contributed by atoms with van der Waals surface area (Å²) in [5.74, 6) is 0.857. The summed E-state index contributed by atoms with van der Waals surface area (Å²) in [6.07, 6.45) is 3.10. The molecule has 0 bridgehead atoms. The average Bonchev–Trinajstić information content (AvgIpc) is 3.17. The van der Waals surface area contributed by atoms with Gasteiger partial charge in [0.2, 0.25) is 6.41 Å². The molecule has 2 saturated heterocycles. The molecule has 2 fully saturated rings. The van der Waals surface area contributed by atoms with Gasteiger partial charge in [-0.15, -0.1) is 0 Å². The summed E-state index contributed by atoms with van der Waals surface area (Å²) < 4.78 is 9.44. The van der Waals surface area contributed by atoms with Crippen molar-refractivity contribution in [3.8, 4) is 5.75 Å². The molecule has 0 saturated carbocycles. The van der Waals surface area contributed by atoms with Crippen LogP contribution in [0.15, 0.2) is 22.7 Å². The van der Waals surface area contributed by atoms with Gasteiger partial charge < -0.3 is 24.0 Å². The van der Waals surface area contributed by atoms with Crippen molar-refractivity contribution >= 4 is 39.2 Å². The van der Waals surface area contributed by atoms with Gasteiger partial charge in [-0.3, -0.25) is 9.59 Å². The lowest BCUT2D eigenvalue weighted by Gasteiger charge is -2.34. The number of benzene rings is 1. The first kappa shape index (κ1) is 24.1. The molecule has 2 aliphatic rings. The third-order valence-corrected chi connectivity index (χ3v) is 7.50. The van der Waals surface area contributed by atoms with E-state index in [1.54, 1.807) is 4.90 Å². The molecule has 0 spiro atoms. The normalized spacial score (nSPS) is 18.5. The van der Waals surface area contributed by atoms with Crippen molar-refractivity contribution in [3.63, 3.8) is 0 Å². The number of aromatic nitrogens is 1. The maximum Gasteiger partial charge on any atom is 0.270 e. The highest BCUT2D eigenvalue weighted by atomic mass is 79.9. The second kappa shape index (κ2) is 10.1. The minimum absolute atomic E-state index is 0.0186.